The van der Waals surface area contributed by atoms with Crippen molar-refractivity contribution < 1.29 is 9.94 Å². The number of para-hydroxylation sites is 1. The Morgan fingerprint density at radius 1 is 1.19 bits per heavy atom. The number of aromatic amines is 1. The molecule has 31 heavy (non-hydrogen) atoms. The number of fused-ring (bicyclic) bond motifs is 2. The number of nitrogens with zero attached hydrogens (tertiary/aromatic N) is 3. The zero-order valence-corrected chi connectivity index (χ0v) is 19.6. The van der Waals surface area contributed by atoms with E-state index in [1.807, 2.05) is 42.5 Å². The lowest BCUT2D eigenvalue weighted by Crippen LogP contribution is -2.25. The van der Waals surface area contributed by atoms with Gasteiger partial charge < -0.3 is 19.8 Å². The summed E-state index contributed by atoms with van der Waals surface area (Å²) in [4.78, 5) is 15.8. The fourth-order valence-electron chi connectivity index (χ4n) is 3.63. The molecule has 0 radical (unpaired) electrons. The second kappa shape index (κ2) is 9.24. The van der Waals surface area contributed by atoms with E-state index in [0.717, 1.165) is 46.1 Å². The first-order valence-electron chi connectivity index (χ1n) is 10.5. The van der Waals surface area contributed by atoms with Crippen LogP contribution in [0.5, 0.6) is 5.88 Å². The second-order valence-corrected chi connectivity index (χ2v) is 9.19. The van der Waals surface area contributed by atoms with Gasteiger partial charge in [-0.25, -0.2) is 4.99 Å². The minimum Gasteiger partial charge on any atom is -0.494 e. The molecule has 6 nitrogen and oxygen atoms in total. The number of likely N-dealkylation sites (N-methyl/N-ethyl adjacent to an activating group) is 1. The molecule has 0 unspecified atom stereocenters. The average Bonchev–Trinajstić information content (AvgIpc) is 3.25. The van der Waals surface area contributed by atoms with Gasteiger partial charge in [-0.3, -0.25) is 0 Å². The molecule has 0 spiro atoms. The number of rotatable bonds is 8. The molecular weight excluding hydrogens is 456 g/mol. The maximum atomic E-state index is 10.7. The first kappa shape index (κ1) is 21.6. The Morgan fingerprint density at radius 2 is 2.00 bits per heavy atom. The summed E-state index contributed by atoms with van der Waals surface area (Å²) in [5.41, 5.74) is 4.42. The number of hydrogen-bond donors (Lipinski definition) is 2. The molecule has 162 valence electrons. The van der Waals surface area contributed by atoms with Crippen molar-refractivity contribution in [2.24, 2.45) is 16.1 Å². The van der Waals surface area contributed by atoms with Crippen LogP contribution < -0.4 is 0 Å². The van der Waals surface area contributed by atoms with Gasteiger partial charge >= 0.3 is 0 Å². The molecule has 4 rings (SSSR count). The third-order valence-electron chi connectivity index (χ3n) is 5.40. The minimum atomic E-state index is 0.0702. The average molecular weight is 483 g/mol. The smallest absolute Gasteiger partial charge is 0.199 e. The molecular formula is C24H27BrN4O2. The van der Waals surface area contributed by atoms with Crippen LogP contribution in [0.1, 0.15) is 31.4 Å². The number of H-pyrrole nitrogens is 1. The van der Waals surface area contributed by atoms with Crippen LogP contribution in [0.4, 0.5) is 5.69 Å². The van der Waals surface area contributed by atoms with Crippen molar-refractivity contribution in [1.82, 2.24) is 9.88 Å². The highest BCUT2D eigenvalue weighted by Gasteiger charge is 2.29. The molecule has 2 aromatic carbocycles. The monoisotopic (exact) mass is 482 g/mol. The summed E-state index contributed by atoms with van der Waals surface area (Å²) in [5.74, 6) is 0.752. The van der Waals surface area contributed by atoms with E-state index in [1.165, 1.54) is 0 Å². The summed E-state index contributed by atoms with van der Waals surface area (Å²) in [5, 5.41) is 16.0. The predicted molar refractivity (Wildman–Crippen MR) is 130 cm³/mol. The Morgan fingerprint density at radius 3 is 2.81 bits per heavy atom. The Hall–Kier alpha value is -2.64. The standard InChI is InChI=1S/C24H27BrN4O2/c1-15(2)10-11-29(3)12-13-31-28-22-17-6-4-5-7-19(17)26-23(22)21-18-14-16(25)8-9-20(18)27-24(21)30/h4-9,14-15,27,30H,10-13H2,1-3H3. The van der Waals surface area contributed by atoms with Crippen LogP contribution in [0.2, 0.25) is 0 Å². The van der Waals surface area contributed by atoms with Gasteiger partial charge in [-0.1, -0.05) is 53.1 Å². The van der Waals surface area contributed by atoms with Crippen LogP contribution in [0.15, 0.2) is 57.1 Å². The van der Waals surface area contributed by atoms with Crippen LogP contribution in [0, 0.1) is 5.92 Å². The number of halogens is 1. The molecule has 0 amide bonds. The first-order valence-corrected chi connectivity index (χ1v) is 11.3. The van der Waals surface area contributed by atoms with Crippen molar-refractivity contribution in [2.75, 3.05) is 26.7 Å². The second-order valence-electron chi connectivity index (χ2n) is 8.27. The fraction of sp³-hybridized carbons (Fsp3) is 0.333. The molecule has 0 fully saturated rings. The molecule has 1 aliphatic rings. The van der Waals surface area contributed by atoms with Crippen molar-refractivity contribution in [1.29, 1.82) is 0 Å². The number of aliphatic imine (C=N–C) groups is 1. The van der Waals surface area contributed by atoms with Crippen LogP contribution >= 0.6 is 15.9 Å². The summed E-state index contributed by atoms with van der Waals surface area (Å²) in [7, 11) is 2.10. The van der Waals surface area contributed by atoms with Crippen molar-refractivity contribution >= 4 is 43.9 Å². The number of aromatic hydroxyl groups is 1. The van der Waals surface area contributed by atoms with E-state index in [0.29, 0.717) is 29.5 Å². The molecule has 2 N–H and O–H groups in total. The van der Waals surface area contributed by atoms with E-state index >= 15 is 0 Å². The number of nitrogens with one attached hydrogen (secondary N) is 1. The molecule has 0 aliphatic carbocycles. The highest BCUT2D eigenvalue weighted by Crippen LogP contribution is 2.36. The maximum absolute atomic E-state index is 10.7. The SMILES string of the molecule is CC(C)CCN(C)CCON=C1C(c2c(O)[nH]c3ccc(Br)cc23)=Nc2ccccc21. The molecule has 0 saturated carbocycles. The quantitative estimate of drug-likeness (QED) is 0.330. The Labute approximate surface area is 190 Å². The molecule has 0 atom stereocenters. The largest absolute Gasteiger partial charge is 0.494 e. The zero-order chi connectivity index (χ0) is 22.0. The highest BCUT2D eigenvalue weighted by molar-refractivity contribution is 9.10. The summed E-state index contributed by atoms with van der Waals surface area (Å²) in [6, 6.07) is 13.6. The summed E-state index contributed by atoms with van der Waals surface area (Å²) in [6.45, 7) is 6.77. The first-order chi connectivity index (χ1) is 14.9. The molecule has 1 aromatic heterocycles. The van der Waals surface area contributed by atoms with Crippen molar-refractivity contribution in [3.8, 4) is 5.88 Å². The fourth-order valence-corrected chi connectivity index (χ4v) is 3.99. The Kier molecular flexibility index (Phi) is 6.43. The number of hydrogen-bond acceptors (Lipinski definition) is 5. The van der Waals surface area contributed by atoms with Gasteiger partial charge in [0.1, 0.15) is 18.0 Å². The third kappa shape index (κ3) is 4.67. The van der Waals surface area contributed by atoms with E-state index in [-0.39, 0.29) is 5.88 Å². The number of benzene rings is 2. The molecule has 0 bridgehead atoms. The van der Waals surface area contributed by atoms with Gasteiger partial charge in [0.05, 0.1) is 11.3 Å². The molecule has 0 saturated heterocycles. The summed E-state index contributed by atoms with van der Waals surface area (Å²) < 4.78 is 0.926. The van der Waals surface area contributed by atoms with E-state index in [4.69, 9.17) is 9.83 Å². The lowest BCUT2D eigenvalue weighted by atomic mass is 10.0. The maximum Gasteiger partial charge on any atom is 0.199 e. The van der Waals surface area contributed by atoms with E-state index in [9.17, 15) is 5.11 Å². The number of oxime groups is 1. The van der Waals surface area contributed by atoms with E-state index < -0.39 is 0 Å². The zero-order valence-electron chi connectivity index (χ0n) is 18.0. The van der Waals surface area contributed by atoms with Gasteiger partial charge in [0, 0.05) is 27.5 Å². The summed E-state index contributed by atoms with van der Waals surface area (Å²) >= 11 is 3.52. The molecule has 7 heteroatoms. The highest BCUT2D eigenvalue weighted by atomic mass is 79.9. The molecule has 3 aromatic rings. The van der Waals surface area contributed by atoms with Crippen LogP contribution in [-0.2, 0) is 4.84 Å². The van der Waals surface area contributed by atoms with Crippen molar-refractivity contribution in [3.63, 3.8) is 0 Å². The van der Waals surface area contributed by atoms with Gasteiger partial charge in [-0.2, -0.15) is 0 Å². The van der Waals surface area contributed by atoms with Gasteiger partial charge in [0.15, 0.2) is 5.88 Å². The van der Waals surface area contributed by atoms with Crippen LogP contribution in [-0.4, -0.2) is 53.2 Å². The predicted octanol–water partition coefficient (Wildman–Crippen LogP) is 5.47. The third-order valence-corrected chi connectivity index (χ3v) is 5.89. The van der Waals surface area contributed by atoms with Gasteiger partial charge in [-0.05, 0) is 50.2 Å². The normalized spacial score (nSPS) is 14.6. The summed E-state index contributed by atoms with van der Waals surface area (Å²) in [6.07, 6.45) is 1.16. The number of aromatic nitrogens is 1. The van der Waals surface area contributed by atoms with Gasteiger partial charge in [0.25, 0.3) is 0 Å². The van der Waals surface area contributed by atoms with Gasteiger partial charge in [-0.15, -0.1) is 0 Å². The Bertz CT molecular complexity index is 1150. The molecule has 2 heterocycles. The van der Waals surface area contributed by atoms with E-state index in [1.54, 1.807) is 0 Å². The van der Waals surface area contributed by atoms with Crippen LogP contribution in [0.25, 0.3) is 10.9 Å². The lowest BCUT2D eigenvalue weighted by Gasteiger charge is -2.16. The minimum absolute atomic E-state index is 0.0702. The lowest BCUT2D eigenvalue weighted by molar-refractivity contribution is 0.118. The molecule has 1 aliphatic heterocycles. The Balaban J connectivity index is 1.60. The topological polar surface area (TPSA) is 73.2 Å². The van der Waals surface area contributed by atoms with Crippen molar-refractivity contribution in [2.45, 2.75) is 20.3 Å². The van der Waals surface area contributed by atoms with E-state index in [2.05, 4.69) is 51.9 Å². The van der Waals surface area contributed by atoms with Crippen molar-refractivity contribution in [3.05, 3.63) is 58.1 Å². The van der Waals surface area contributed by atoms with Gasteiger partial charge in [0.2, 0.25) is 0 Å². The van der Waals surface area contributed by atoms with Crippen LogP contribution in [0.3, 0.4) is 0 Å².